The summed E-state index contributed by atoms with van der Waals surface area (Å²) in [4.78, 5) is 3.94. The highest BCUT2D eigenvalue weighted by Gasteiger charge is 2.22. The van der Waals surface area contributed by atoms with Crippen LogP contribution in [0.25, 0.3) is 0 Å². The molecule has 0 aromatic carbocycles. The molecule has 1 nitrogen and oxygen atoms in total. The molecule has 0 aliphatic heterocycles. The summed E-state index contributed by atoms with van der Waals surface area (Å²) in [7, 11) is 0. The Hall–Kier alpha value is -0.820. The third-order valence-corrected chi connectivity index (χ3v) is 2.50. The van der Waals surface area contributed by atoms with Crippen LogP contribution in [0, 0.1) is 0 Å². The van der Waals surface area contributed by atoms with Crippen LogP contribution in [0.5, 0.6) is 0 Å². The fraction of sp³-hybridized carbons (Fsp3) is 0.300. The van der Waals surface area contributed by atoms with E-state index in [1.54, 1.807) is 6.20 Å². The van der Waals surface area contributed by atoms with Crippen molar-refractivity contribution in [3.63, 3.8) is 0 Å². The Morgan fingerprint density at radius 3 is 2.83 bits per heavy atom. The van der Waals surface area contributed by atoms with E-state index in [4.69, 9.17) is 11.6 Å². The smallest absolute Gasteiger partial charge is 0.129 e. The van der Waals surface area contributed by atoms with Crippen molar-refractivity contribution in [3.05, 3.63) is 41.2 Å². The Morgan fingerprint density at radius 1 is 1.50 bits per heavy atom. The summed E-state index contributed by atoms with van der Waals surface area (Å²) in [5.41, 5.74) is 2.63. The zero-order valence-corrected chi connectivity index (χ0v) is 7.51. The minimum Gasteiger partial charge on any atom is -0.245 e. The Balaban J connectivity index is 2.18. The van der Waals surface area contributed by atoms with Crippen molar-refractivity contribution in [2.75, 3.05) is 0 Å². The van der Waals surface area contributed by atoms with Gasteiger partial charge in [-0.05, 0) is 36.5 Å². The molecule has 2 rings (SSSR count). The van der Waals surface area contributed by atoms with Gasteiger partial charge in [0.1, 0.15) is 5.15 Å². The van der Waals surface area contributed by atoms with Crippen molar-refractivity contribution in [1.29, 1.82) is 0 Å². The fourth-order valence-electron chi connectivity index (χ4n) is 1.54. The number of pyridine rings is 1. The lowest BCUT2D eigenvalue weighted by Gasteiger charge is -2.28. The first-order chi connectivity index (χ1) is 5.75. The predicted molar refractivity (Wildman–Crippen MR) is 50.4 cm³/mol. The highest BCUT2D eigenvalue weighted by Crippen LogP contribution is 2.40. The molecule has 12 heavy (non-hydrogen) atoms. The number of hydrogen-bond donors (Lipinski definition) is 0. The van der Waals surface area contributed by atoms with Gasteiger partial charge in [0.15, 0.2) is 0 Å². The van der Waals surface area contributed by atoms with Gasteiger partial charge in [-0.1, -0.05) is 23.8 Å². The van der Waals surface area contributed by atoms with Gasteiger partial charge in [0.05, 0.1) is 0 Å². The predicted octanol–water partition coefficient (Wildman–Crippen LogP) is 3.17. The molecule has 2 heteroatoms. The van der Waals surface area contributed by atoms with Gasteiger partial charge < -0.3 is 0 Å². The van der Waals surface area contributed by atoms with E-state index < -0.39 is 0 Å². The molecule has 1 aromatic heterocycles. The van der Waals surface area contributed by atoms with Gasteiger partial charge in [0.25, 0.3) is 0 Å². The molecule has 1 fully saturated rings. The summed E-state index contributed by atoms with van der Waals surface area (Å²) in [5.74, 6) is 0.637. The fourth-order valence-corrected chi connectivity index (χ4v) is 1.73. The van der Waals surface area contributed by atoms with Gasteiger partial charge in [-0.15, -0.1) is 0 Å². The lowest BCUT2D eigenvalue weighted by atomic mass is 9.77. The molecule has 0 N–H and O–H groups in total. The van der Waals surface area contributed by atoms with Crippen molar-refractivity contribution >= 4 is 11.6 Å². The molecule has 0 saturated heterocycles. The topological polar surface area (TPSA) is 12.9 Å². The summed E-state index contributed by atoms with van der Waals surface area (Å²) >= 11 is 5.77. The van der Waals surface area contributed by atoms with Crippen molar-refractivity contribution in [2.45, 2.75) is 18.8 Å². The summed E-state index contributed by atoms with van der Waals surface area (Å²) in [6.07, 6.45) is 3.99. The Labute approximate surface area is 77.1 Å². The second-order valence-electron chi connectivity index (χ2n) is 3.27. The molecule has 0 unspecified atom stereocenters. The SMILES string of the molecule is C=C1CC(c2ccnc(Cl)c2)C1. The van der Waals surface area contributed by atoms with E-state index in [1.807, 2.05) is 12.1 Å². The number of hydrogen-bond acceptors (Lipinski definition) is 1. The van der Waals surface area contributed by atoms with Crippen molar-refractivity contribution in [1.82, 2.24) is 4.98 Å². The van der Waals surface area contributed by atoms with Gasteiger partial charge in [0, 0.05) is 6.20 Å². The van der Waals surface area contributed by atoms with Gasteiger partial charge in [-0.25, -0.2) is 4.98 Å². The lowest BCUT2D eigenvalue weighted by Crippen LogP contribution is -2.11. The van der Waals surface area contributed by atoms with Crippen LogP contribution in [-0.4, -0.2) is 4.98 Å². The molecular weight excluding hydrogens is 170 g/mol. The Bertz CT molecular complexity index is 311. The molecule has 0 radical (unpaired) electrons. The third-order valence-electron chi connectivity index (χ3n) is 2.29. The van der Waals surface area contributed by atoms with Crippen LogP contribution >= 0.6 is 11.6 Å². The zero-order chi connectivity index (χ0) is 8.55. The molecule has 0 amide bonds. The number of nitrogens with zero attached hydrogens (tertiary/aromatic N) is 1. The van der Waals surface area contributed by atoms with Gasteiger partial charge >= 0.3 is 0 Å². The lowest BCUT2D eigenvalue weighted by molar-refractivity contribution is 0.552. The molecule has 0 bridgehead atoms. The maximum atomic E-state index is 5.77. The maximum Gasteiger partial charge on any atom is 0.129 e. The zero-order valence-electron chi connectivity index (χ0n) is 6.76. The molecule has 1 aromatic rings. The summed E-state index contributed by atoms with van der Waals surface area (Å²) in [6.45, 7) is 3.91. The molecule has 1 aliphatic carbocycles. The van der Waals surface area contributed by atoms with E-state index in [-0.39, 0.29) is 0 Å². The molecule has 0 spiro atoms. The third kappa shape index (κ3) is 1.37. The van der Waals surface area contributed by atoms with E-state index in [0.717, 1.165) is 12.8 Å². The monoisotopic (exact) mass is 179 g/mol. The van der Waals surface area contributed by atoms with Crippen LogP contribution in [0.1, 0.15) is 24.3 Å². The largest absolute Gasteiger partial charge is 0.245 e. The molecule has 0 atom stereocenters. The number of aromatic nitrogens is 1. The first-order valence-electron chi connectivity index (χ1n) is 4.04. The first-order valence-corrected chi connectivity index (χ1v) is 4.41. The molecule has 1 heterocycles. The van der Waals surface area contributed by atoms with Gasteiger partial charge in [-0.2, -0.15) is 0 Å². The molecule has 62 valence electrons. The number of rotatable bonds is 1. The highest BCUT2D eigenvalue weighted by atomic mass is 35.5. The van der Waals surface area contributed by atoms with Crippen LogP contribution in [0.3, 0.4) is 0 Å². The Morgan fingerprint density at radius 2 is 2.25 bits per heavy atom. The van der Waals surface area contributed by atoms with Crippen molar-refractivity contribution in [2.24, 2.45) is 0 Å². The minimum absolute atomic E-state index is 0.588. The van der Waals surface area contributed by atoms with Gasteiger partial charge in [0.2, 0.25) is 0 Å². The number of allylic oxidation sites excluding steroid dienone is 1. The van der Waals surface area contributed by atoms with Crippen LogP contribution in [0.2, 0.25) is 5.15 Å². The van der Waals surface area contributed by atoms with E-state index >= 15 is 0 Å². The maximum absolute atomic E-state index is 5.77. The minimum atomic E-state index is 0.588. The van der Waals surface area contributed by atoms with E-state index in [1.165, 1.54) is 11.1 Å². The van der Waals surface area contributed by atoms with Crippen molar-refractivity contribution in [3.8, 4) is 0 Å². The van der Waals surface area contributed by atoms with Crippen molar-refractivity contribution < 1.29 is 0 Å². The van der Waals surface area contributed by atoms with E-state index in [2.05, 4.69) is 11.6 Å². The van der Waals surface area contributed by atoms with Crippen LogP contribution < -0.4 is 0 Å². The summed E-state index contributed by atoms with van der Waals surface area (Å²) < 4.78 is 0. The van der Waals surface area contributed by atoms with E-state index in [9.17, 15) is 0 Å². The van der Waals surface area contributed by atoms with Gasteiger partial charge in [-0.3, -0.25) is 0 Å². The molecular formula is C10H10ClN. The number of halogens is 1. The van der Waals surface area contributed by atoms with Crippen LogP contribution in [-0.2, 0) is 0 Å². The molecule has 1 saturated carbocycles. The standard InChI is InChI=1S/C10H10ClN/c1-7-4-9(5-7)8-2-3-12-10(11)6-8/h2-3,6,9H,1,4-5H2. The Kier molecular flexibility index (Phi) is 1.89. The first kappa shape index (κ1) is 7.81. The summed E-state index contributed by atoms with van der Waals surface area (Å²) in [6, 6.07) is 3.97. The highest BCUT2D eigenvalue weighted by molar-refractivity contribution is 6.29. The normalized spacial score (nSPS) is 17.6. The van der Waals surface area contributed by atoms with E-state index in [0.29, 0.717) is 11.1 Å². The average molecular weight is 180 g/mol. The quantitative estimate of drug-likeness (QED) is 0.477. The second kappa shape index (κ2) is 2.91. The average Bonchev–Trinajstić information content (AvgIpc) is 1.99. The molecule has 1 aliphatic rings. The van der Waals surface area contributed by atoms with Crippen LogP contribution in [0.4, 0.5) is 0 Å². The second-order valence-corrected chi connectivity index (χ2v) is 3.65. The van der Waals surface area contributed by atoms with Crippen LogP contribution in [0.15, 0.2) is 30.5 Å². The summed E-state index contributed by atoms with van der Waals surface area (Å²) in [5, 5.41) is 0.588.